The van der Waals surface area contributed by atoms with Crippen LogP contribution in [-0.2, 0) is 4.74 Å². The van der Waals surface area contributed by atoms with Gasteiger partial charge in [-0.1, -0.05) is 11.6 Å². The number of aliphatic hydroxyl groups excluding tert-OH is 1. The van der Waals surface area contributed by atoms with E-state index in [4.69, 9.17) is 16.3 Å². The fourth-order valence-corrected chi connectivity index (χ4v) is 2.51. The van der Waals surface area contributed by atoms with E-state index in [0.717, 1.165) is 12.2 Å². The molecule has 1 N–H and O–H groups in total. The predicted molar refractivity (Wildman–Crippen MR) is 58.6 cm³/mol. The Balaban J connectivity index is 2.05. The summed E-state index contributed by atoms with van der Waals surface area (Å²) in [5, 5.41) is 18.1. The molecule has 16 heavy (non-hydrogen) atoms. The second-order valence-electron chi connectivity index (χ2n) is 4.11. The van der Waals surface area contributed by atoms with E-state index in [1.54, 1.807) is 6.07 Å². The molecule has 0 saturated carbocycles. The fraction of sp³-hybridized carbons (Fsp3) is 0.600. The molecule has 0 radical (unpaired) electrons. The molecule has 3 rings (SSSR count). The van der Waals surface area contributed by atoms with Crippen molar-refractivity contribution in [3.05, 3.63) is 16.9 Å². The smallest absolute Gasteiger partial charge is 0.153 e. The molecule has 3 heterocycles. The standard InChI is InChI=1S/C10H12ClN3O2/c11-9-4-7-10(13-12-9)8(15)3-6-5-16-2-1-14(6)7/h4,6,8,15H,1-3,5H2. The Labute approximate surface area is 98.0 Å². The van der Waals surface area contributed by atoms with Crippen molar-refractivity contribution >= 4 is 17.3 Å². The molecule has 2 aliphatic heterocycles. The van der Waals surface area contributed by atoms with Crippen LogP contribution in [0.4, 0.5) is 5.69 Å². The molecule has 2 aliphatic rings. The van der Waals surface area contributed by atoms with Crippen molar-refractivity contribution in [1.29, 1.82) is 0 Å². The summed E-state index contributed by atoms with van der Waals surface area (Å²) in [6.07, 6.45) is 0.0752. The monoisotopic (exact) mass is 241 g/mol. The first kappa shape index (κ1) is 10.3. The van der Waals surface area contributed by atoms with Gasteiger partial charge in [-0.25, -0.2) is 0 Å². The summed E-state index contributed by atoms with van der Waals surface area (Å²) in [5.41, 5.74) is 1.52. The molecule has 0 spiro atoms. The van der Waals surface area contributed by atoms with Crippen molar-refractivity contribution in [2.75, 3.05) is 24.7 Å². The molecule has 1 aromatic rings. The first-order valence-corrected chi connectivity index (χ1v) is 5.69. The van der Waals surface area contributed by atoms with Gasteiger partial charge in [-0.3, -0.25) is 0 Å². The summed E-state index contributed by atoms with van der Waals surface area (Å²) in [4.78, 5) is 2.20. The molecule has 6 heteroatoms. The van der Waals surface area contributed by atoms with E-state index in [0.29, 0.717) is 30.5 Å². The molecule has 1 aromatic heterocycles. The van der Waals surface area contributed by atoms with E-state index in [-0.39, 0.29) is 6.04 Å². The van der Waals surface area contributed by atoms with Crippen LogP contribution in [0.3, 0.4) is 0 Å². The van der Waals surface area contributed by atoms with Gasteiger partial charge in [0.25, 0.3) is 0 Å². The molecule has 0 aliphatic carbocycles. The van der Waals surface area contributed by atoms with E-state index < -0.39 is 6.10 Å². The summed E-state index contributed by atoms with van der Waals surface area (Å²) in [6.45, 7) is 2.16. The van der Waals surface area contributed by atoms with Crippen LogP contribution in [0.2, 0.25) is 5.15 Å². The predicted octanol–water partition coefficient (Wildman–Crippen LogP) is 0.772. The minimum absolute atomic E-state index is 0.219. The van der Waals surface area contributed by atoms with Gasteiger partial charge in [0.05, 0.1) is 24.9 Å². The van der Waals surface area contributed by atoms with Crippen LogP contribution in [0.1, 0.15) is 18.2 Å². The molecule has 86 valence electrons. The molecular weight excluding hydrogens is 230 g/mol. The number of hydrogen-bond acceptors (Lipinski definition) is 5. The van der Waals surface area contributed by atoms with Crippen molar-refractivity contribution in [3.8, 4) is 0 Å². The van der Waals surface area contributed by atoms with Crippen molar-refractivity contribution in [3.63, 3.8) is 0 Å². The Kier molecular flexibility index (Phi) is 2.46. The third-order valence-electron chi connectivity index (χ3n) is 3.12. The zero-order chi connectivity index (χ0) is 11.1. The van der Waals surface area contributed by atoms with Gasteiger partial charge in [-0.05, 0) is 0 Å². The van der Waals surface area contributed by atoms with Gasteiger partial charge in [0.1, 0.15) is 11.8 Å². The SMILES string of the molecule is OC1CC2COCCN2c2cc(Cl)nnc21. The Morgan fingerprint density at radius 2 is 2.38 bits per heavy atom. The number of fused-ring (bicyclic) bond motifs is 3. The average molecular weight is 242 g/mol. The van der Waals surface area contributed by atoms with Crippen molar-refractivity contribution < 1.29 is 9.84 Å². The molecule has 1 saturated heterocycles. The lowest BCUT2D eigenvalue weighted by molar-refractivity contribution is 0.0593. The number of ether oxygens (including phenoxy) is 1. The molecule has 0 aromatic carbocycles. The van der Waals surface area contributed by atoms with Crippen molar-refractivity contribution in [2.24, 2.45) is 0 Å². The van der Waals surface area contributed by atoms with Crippen LogP contribution in [0, 0.1) is 0 Å². The van der Waals surface area contributed by atoms with E-state index in [1.165, 1.54) is 0 Å². The third-order valence-corrected chi connectivity index (χ3v) is 3.30. The summed E-state index contributed by atoms with van der Waals surface area (Å²) in [6, 6.07) is 1.99. The Morgan fingerprint density at radius 1 is 1.50 bits per heavy atom. The van der Waals surface area contributed by atoms with Crippen LogP contribution < -0.4 is 4.90 Å². The molecule has 5 nitrogen and oxygen atoms in total. The lowest BCUT2D eigenvalue weighted by Crippen LogP contribution is -2.49. The van der Waals surface area contributed by atoms with E-state index in [1.807, 2.05) is 0 Å². The Morgan fingerprint density at radius 3 is 3.25 bits per heavy atom. The minimum Gasteiger partial charge on any atom is -0.387 e. The highest BCUT2D eigenvalue weighted by atomic mass is 35.5. The maximum Gasteiger partial charge on any atom is 0.153 e. The number of aromatic nitrogens is 2. The Bertz CT molecular complexity index is 415. The van der Waals surface area contributed by atoms with E-state index in [2.05, 4.69) is 15.1 Å². The molecular formula is C10H12ClN3O2. The maximum absolute atomic E-state index is 9.96. The summed E-state index contributed by atoms with van der Waals surface area (Å²) in [5.74, 6) is 0. The number of halogens is 1. The van der Waals surface area contributed by atoms with Gasteiger partial charge in [-0.2, -0.15) is 0 Å². The topological polar surface area (TPSA) is 58.5 Å². The van der Waals surface area contributed by atoms with Crippen LogP contribution in [0.25, 0.3) is 0 Å². The highest BCUT2D eigenvalue weighted by Crippen LogP contribution is 2.37. The lowest BCUT2D eigenvalue weighted by Gasteiger charge is -2.42. The fourth-order valence-electron chi connectivity index (χ4n) is 2.37. The Hall–Kier alpha value is -0.910. The van der Waals surface area contributed by atoms with Crippen LogP contribution >= 0.6 is 11.6 Å². The molecule has 1 fully saturated rings. The second-order valence-corrected chi connectivity index (χ2v) is 4.50. The zero-order valence-corrected chi connectivity index (χ0v) is 9.39. The largest absolute Gasteiger partial charge is 0.387 e. The summed E-state index contributed by atoms with van der Waals surface area (Å²) >= 11 is 5.84. The number of hydrogen-bond donors (Lipinski definition) is 1. The average Bonchev–Trinajstić information content (AvgIpc) is 2.29. The van der Waals surface area contributed by atoms with Crippen LogP contribution in [0.5, 0.6) is 0 Å². The highest BCUT2D eigenvalue weighted by Gasteiger charge is 2.35. The number of nitrogens with zero attached hydrogens (tertiary/aromatic N) is 3. The molecule has 0 bridgehead atoms. The van der Waals surface area contributed by atoms with Gasteiger partial charge < -0.3 is 14.7 Å². The van der Waals surface area contributed by atoms with Crippen LogP contribution in [0.15, 0.2) is 6.07 Å². The van der Waals surface area contributed by atoms with Gasteiger partial charge in [0.2, 0.25) is 0 Å². The van der Waals surface area contributed by atoms with Gasteiger partial charge >= 0.3 is 0 Å². The molecule has 2 atom stereocenters. The highest BCUT2D eigenvalue weighted by molar-refractivity contribution is 6.29. The maximum atomic E-state index is 9.96. The number of morpholine rings is 1. The second kappa shape index (κ2) is 3.84. The molecule has 2 unspecified atom stereocenters. The number of anilines is 1. The van der Waals surface area contributed by atoms with Gasteiger partial charge in [-0.15, -0.1) is 10.2 Å². The quantitative estimate of drug-likeness (QED) is 0.727. The first-order valence-electron chi connectivity index (χ1n) is 5.31. The van der Waals surface area contributed by atoms with Crippen LogP contribution in [-0.4, -0.2) is 41.1 Å². The normalized spacial score (nSPS) is 28.5. The first-order chi connectivity index (χ1) is 7.75. The van der Waals surface area contributed by atoms with E-state index >= 15 is 0 Å². The third kappa shape index (κ3) is 1.55. The zero-order valence-electron chi connectivity index (χ0n) is 8.64. The summed E-state index contributed by atoms with van der Waals surface area (Å²) in [7, 11) is 0. The molecule has 0 amide bonds. The van der Waals surface area contributed by atoms with Crippen molar-refractivity contribution in [2.45, 2.75) is 18.6 Å². The number of rotatable bonds is 0. The minimum atomic E-state index is -0.567. The van der Waals surface area contributed by atoms with Gasteiger partial charge in [0.15, 0.2) is 5.15 Å². The van der Waals surface area contributed by atoms with Gasteiger partial charge in [0, 0.05) is 19.0 Å². The summed E-state index contributed by atoms with van der Waals surface area (Å²) < 4.78 is 5.41. The van der Waals surface area contributed by atoms with Crippen molar-refractivity contribution in [1.82, 2.24) is 10.2 Å². The lowest BCUT2D eigenvalue weighted by atomic mass is 9.97. The number of aliphatic hydroxyl groups is 1. The van der Waals surface area contributed by atoms with E-state index in [9.17, 15) is 5.11 Å².